The molecule has 1 aliphatic rings. The summed E-state index contributed by atoms with van der Waals surface area (Å²) >= 11 is 0. The standard InChI is InChI=1S/C22H25N3O3/c1-22(2,3)24-21(28)16-6-10-17(11-7-16)23-20(27)15-8-12-18(13-9-15)25-14-4-5-19(25)26/h6-13H,4-5,14H2,1-3H3,(H,23,27)(H,24,28). The Hall–Kier alpha value is -3.15. The molecule has 0 unspecified atom stereocenters. The molecule has 2 aromatic rings. The zero-order chi connectivity index (χ0) is 20.3. The molecule has 3 rings (SSSR count). The van der Waals surface area contributed by atoms with Crippen molar-refractivity contribution in [1.29, 1.82) is 0 Å². The van der Waals surface area contributed by atoms with Crippen molar-refractivity contribution in [1.82, 2.24) is 5.32 Å². The molecule has 6 nitrogen and oxygen atoms in total. The molecule has 3 amide bonds. The number of hydrogen-bond donors (Lipinski definition) is 2. The van der Waals surface area contributed by atoms with Crippen molar-refractivity contribution in [3.63, 3.8) is 0 Å². The number of nitrogens with zero attached hydrogens (tertiary/aromatic N) is 1. The third-order valence-corrected chi connectivity index (χ3v) is 4.41. The number of amides is 3. The molecule has 1 heterocycles. The van der Waals surface area contributed by atoms with Gasteiger partial charge in [0.15, 0.2) is 0 Å². The van der Waals surface area contributed by atoms with E-state index in [0.29, 0.717) is 23.2 Å². The van der Waals surface area contributed by atoms with Gasteiger partial charge >= 0.3 is 0 Å². The van der Waals surface area contributed by atoms with Gasteiger partial charge in [0.2, 0.25) is 5.91 Å². The molecular weight excluding hydrogens is 354 g/mol. The van der Waals surface area contributed by atoms with Crippen LogP contribution in [0.25, 0.3) is 0 Å². The van der Waals surface area contributed by atoms with Crippen LogP contribution in [-0.4, -0.2) is 29.8 Å². The summed E-state index contributed by atoms with van der Waals surface area (Å²) in [5, 5.41) is 5.72. The molecule has 0 spiro atoms. The fourth-order valence-corrected chi connectivity index (χ4v) is 3.03. The summed E-state index contributed by atoms with van der Waals surface area (Å²) in [5.41, 5.74) is 2.15. The second kappa shape index (κ2) is 7.84. The summed E-state index contributed by atoms with van der Waals surface area (Å²) in [4.78, 5) is 38.1. The zero-order valence-electron chi connectivity index (χ0n) is 16.4. The molecular formula is C22H25N3O3. The molecule has 1 fully saturated rings. The monoisotopic (exact) mass is 379 g/mol. The van der Waals surface area contributed by atoms with E-state index in [1.807, 2.05) is 20.8 Å². The molecule has 28 heavy (non-hydrogen) atoms. The van der Waals surface area contributed by atoms with Crippen LogP contribution in [0.3, 0.4) is 0 Å². The maximum Gasteiger partial charge on any atom is 0.255 e. The molecule has 0 atom stereocenters. The minimum atomic E-state index is -0.310. The SMILES string of the molecule is CC(C)(C)NC(=O)c1ccc(NC(=O)c2ccc(N3CCCC3=O)cc2)cc1. The summed E-state index contributed by atoms with van der Waals surface area (Å²) in [7, 11) is 0. The van der Waals surface area contributed by atoms with E-state index < -0.39 is 0 Å². The Balaban J connectivity index is 1.63. The first-order valence-corrected chi connectivity index (χ1v) is 9.37. The van der Waals surface area contributed by atoms with Gasteiger partial charge in [-0.05, 0) is 75.7 Å². The lowest BCUT2D eigenvalue weighted by Crippen LogP contribution is -2.40. The molecule has 0 saturated carbocycles. The van der Waals surface area contributed by atoms with Crippen LogP contribution in [0.1, 0.15) is 54.3 Å². The zero-order valence-corrected chi connectivity index (χ0v) is 16.4. The first kappa shape index (κ1) is 19.6. The van der Waals surface area contributed by atoms with Gasteiger partial charge in [-0.25, -0.2) is 0 Å². The molecule has 0 bridgehead atoms. The number of rotatable bonds is 4. The van der Waals surface area contributed by atoms with Gasteiger partial charge < -0.3 is 15.5 Å². The average molecular weight is 379 g/mol. The van der Waals surface area contributed by atoms with Gasteiger partial charge in [0.1, 0.15) is 0 Å². The van der Waals surface area contributed by atoms with E-state index in [2.05, 4.69) is 10.6 Å². The van der Waals surface area contributed by atoms with E-state index in [-0.39, 0.29) is 23.3 Å². The van der Waals surface area contributed by atoms with Gasteiger partial charge in [-0.1, -0.05) is 0 Å². The Morgan fingerprint density at radius 3 is 2.00 bits per heavy atom. The van der Waals surface area contributed by atoms with Crippen LogP contribution in [-0.2, 0) is 4.79 Å². The van der Waals surface area contributed by atoms with Gasteiger partial charge in [0, 0.05) is 41.0 Å². The Labute approximate surface area is 164 Å². The fourth-order valence-electron chi connectivity index (χ4n) is 3.03. The largest absolute Gasteiger partial charge is 0.347 e. The molecule has 1 saturated heterocycles. The number of carbonyl (C=O) groups excluding carboxylic acids is 3. The highest BCUT2D eigenvalue weighted by atomic mass is 16.2. The Bertz CT molecular complexity index is 881. The Morgan fingerprint density at radius 1 is 0.893 bits per heavy atom. The predicted molar refractivity (Wildman–Crippen MR) is 110 cm³/mol. The van der Waals surface area contributed by atoms with Gasteiger partial charge in [0.05, 0.1) is 0 Å². The third kappa shape index (κ3) is 4.76. The van der Waals surface area contributed by atoms with Gasteiger partial charge in [0.25, 0.3) is 11.8 Å². The van der Waals surface area contributed by atoms with Crippen molar-refractivity contribution < 1.29 is 14.4 Å². The van der Waals surface area contributed by atoms with Gasteiger partial charge in [-0.2, -0.15) is 0 Å². The van der Waals surface area contributed by atoms with Crippen molar-refractivity contribution in [3.05, 3.63) is 59.7 Å². The first-order valence-electron chi connectivity index (χ1n) is 9.37. The lowest BCUT2D eigenvalue weighted by Gasteiger charge is -2.20. The molecule has 6 heteroatoms. The second-order valence-corrected chi connectivity index (χ2v) is 7.93. The van der Waals surface area contributed by atoms with E-state index >= 15 is 0 Å². The van der Waals surface area contributed by atoms with Crippen molar-refractivity contribution >= 4 is 29.1 Å². The van der Waals surface area contributed by atoms with E-state index in [1.54, 1.807) is 53.4 Å². The van der Waals surface area contributed by atoms with Crippen LogP contribution < -0.4 is 15.5 Å². The van der Waals surface area contributed by atoms with Crippen molar-refractivity contribution in [2.45, 2.75) is 39.2 Å². The number of hydrogen-bond acceptors (Lipinski definition) is 3. The molecule has 1 aliphatic heterocycles. The molecule has 146 valence electrons. The Kier molecular flexibility index (Phi) is 5.49. The fraction of sp³-hybridized carbons (Fsp3) is 0.318. The molecule has 0 aromatic heterocycles. The van der Waals surface area contributed by atoms with E-state index in [1.165, 1.54) is 0 Å². The molecule has 2 N–H and O–H groups in total. The minimum absolute atomic E-state index is 0.118. The van der Waals surface area contributed by atoms with Crippen LogP contribution in [0.15, 0.2) is 48.5 Å². The number of benzene rings is 2. The highest BCUT2D eigenvalue weighted by Gasteiger charge is 2.21. The summed E-state index contributed by atoms with van der Waals surface area (Å²) in [6.45, 7) is 6.48. The van der Waals surface area contributed by atoms with Crippen LogP contribution >= 0.6 is 0 Å². The maximum atomic E-state index is 12.4. The van der Waals surface area contributed by atoms with Crippen LogP contribution in [0, 0.1) is 0 Å². The van der Waals surface area contributed by atoms with Crippen LogP contribution in [0.2, 0.25) is 0 Å². The summed E-state index contributed by atoms with van der Waals surface area (Å²) in [5.74, 6) is -0.281. The third-order valence-electron chi connectivity index (χ3n) is 4.41. The lowest BCUT2D eigenvalue weighted by atomic mass is 10.1. The van der Waals surface area contributed by atoms with Crippen LogP contribution in [0.4, 0.5) is 11.4 Å². The predicted octanol–water partition coefficient (Wildman–Crippen LogP) is 3.59. The van der Waals surface area contributed by atoms with Crippen molar-refractivity contribution in [3.8, 4) is 0 Å². The van der Waals surface area contributed by atoms with Gasteiger partial charge in [-0.15, -0.1) is 0 Å². The van der Waals surface area contributed by atoms with E-state index in [9.17, 15) is 14.4 Å². The van der Waals surface area contributed by atoms with Crippen LogP contribution in [0.5, 0.6) is 0 Å². The number of anilines is 2. The summed E-state index contributed by atoms with van der Waals surface area (Å²) in [6.07, 6.45) is 1.44. The number of carbonyl (C=O) groups is 3. The average Bonchev–Trinajstić information content (AvgIpc) is 3.07. The summed E-state index contributed by atoms with van der Waals surface area (Å²) in [6, 6.07) is 13.8. The van der Waals surface area contributed by atoms with Crippen molar-refractivity contribution in [2.75, 3.05) is 16.8 Å². The first-order chi connectivity index (χ1) is 13.2. The highest BCUT2D eigenvalue weighted by molar-refractivity contribution is 6.05. The second-order valence-electron chi connectivity index (χ2n) is 7.93. The Morgan fingerprint density at radius 2 is 1.46 bits per heavy atom. The topological polar surface area (TPSA) is 78.5 Å². The summed E-state index contributed by atoms with van der Waals surface area (Å²) < 4.78 is 0. The van der Waals surface area contributed by atoms with E-state index in [4.69, 9.17) is 0 Å². The minimum Gasteiger partial charge on any atom is -0.347 e. The molecule has 2 aromatic carbocycles. The maximum absolute atomic E-state index is 12.4. The van der Waals surface area contributed by atoms with E-state index in [0.717, 1.165) is 18.7 Å². The smallest absolute Gasteiger partial charge is 0.255 e. The van der Waals surface area contributed by atoms with Gasteiger partial charge in [-0.3, -0.25) is 14.4 Å². The lowest BCUT2D eigenvalue weighted by molar-refractivity contribution is -0.117. The normalized spacial score (nSPS) is 14.1. The number of nitrogens with one attached hydrogen (secondary N) is 2. The molecule has 0 radical (unpaired) electrons. The quantitative estimate of drug-likeness (QED) is 0.852. The molecule has 0 aliphatic carbocycles. The highest BCUT2D eigenvalue weighted by Crippen LogP contribution is 2.22. The van der Waals surface area contributed by atoms with Crippen molar-refractivity contribution in [2.24, 2.45) is 0 Å².